The number of carboxylic acid groups (broad SMARTS) is 1. The van der Waals surface area contributed by atoms with Gasteiger partial charge in [-0.05, 0) is 74.8 Å². The summed E-state index contributed by atoms with van der Waals surface area (Å²) >= 11 is 6.82. The van der Waals surface area contributed by atoms with Crippen LogP contribution in [-0.4, -0.2) is 89.5 Å². The van der Waals surface area contributed by atoms with Crippen LogP contribution < -0.4 is 14.4 Å². The lowest BCUT2D eigenvalue weighted by atomic mass is 9.89. The van der Waals surface area contributed by atoms with Gasteiger partial charge >= 0.3 is 12.1 Å². The zero-order valence-electron chi connectivity index (χ0n) is 26.1. The molecule has 0 spiro atoms. The van der Waals surface area contributed by atoms with Gasteiger partial charge in [0.2, 0.25) is 0 Å². The normalized spacial score (nSPS) is 21.3. The Kier molecular flexibility index (Phi) is 8.22. The number of carbonyl (C=O) groups is 1. The van der Waals surface area contributed by atoms with Crippen LogP contribution in [0.25, 0.3) is 32.8 Å². The number of nitriles is 1. The van der Waals surface area contributed by atoms with Crippen LogP contribution in [0, 0.1) is 11.3 Å². The van der Waals surface area contributed by atoms with E-state index < -0.39 is 12.1 Å². The van der Waals surface area contributed by atoms with Gasteiger partial charge in [0.1, 0.15) is 17.7 Å². The van der Waals surface area contributed by atoms with E-state index in [2.05, 4.69) is 54.2 Å². The SMILES string of the molecule is CN(C)C1CCCC1Oc1nc(N2CCN(C(=O)O)[C@@H](CC#N)C2)c2c3c(c(-c4cccc5cccc(Cl)c45)cc2n1)CCCO3. The van der Waals surface area contributed by atoms with E-state index in [4.69, 9.17) is 31.0 Å². The number of ether oxygens (including phenoxy) is 2. The van der Waals surface area contributed by atoms with Gasteiger partial charge in [0, 0.05) is 41.6 Å². The fourth-order valence-electron chi connectivity index (χ4n) is 7.49. The molecular weight excluding hydrogens is 604 g/mol. The van der Waals surface area contributed by atoms with Gasteiger partial charge in [0.25, 0.3) is 0 Å². The molecule has 2 fully saturated rings. The van der Waals surface area contributed by atoms with Gasteiger partial charge in [-0.1, -0.05) is 41.9 Å². The van der Waals surface area contributed by atoms with E-state index in [-0.39, 0.29) is 31.1 Å². The van der Waals surface area contributed by atoms with Crippen molar-refractivity contribution in [3.05, 3.63) is 53.1 Å². The first-order chi connectivity index (χ1) is 22.3. The molecule has 1 saturated heterocycles. The number of anilines is 1. The van der Waals surface area contributed by atoms with Crippen molar-refractivity contribution in [1.29, 1.82) is 5.26 Å². The van der Waals surface area contributed by atoms with Crippen molar-refractivity contribution in [3.63, 3.8) is 0 Å². The maximum absolute atomic E-state index is 12.0. The number of piperazine rings is 1. The number of likely N-dealkylation sites (N-methyl/N-ethyl adjacent to an activating group) is 1. The van der Waals surface area contributed by atoms with E-state index in [9.17, 15) is 15.2 Å². The minimum Gasteiger partial charge on any atom is -0.492 e. The Labute approximate surface area is 273 Å². The van der Waals surface area contributed by atoms with E-state index in [0.29, 0.717) is 36.1 Å². The Balaban J connectivity index is 1.43. The number of nitrogens with zero attached hydrogens (tertiary/aromatic N) is 6. The van der Waals surface area contributed by atoms with Gasteiger partial charge in [0.15, 0.2) is 0 Å². The standard InChI is InChI=1S/C35H37ClN6O4/c1-40(2)28-12-5-13-29(28)46-34-38-27-19-25(23-9-3-7-21-8-4-11-26(36)30(21)23)24-10-6-18-45-32(24)31(27)33(39-34)41-16-17-42(35(43)44)22(20-41)14-15-37/h3-4,7-9,11,19,22,28-29H,5-6,10,12-14,16-18,20H2,1-2H3,(H,43,44)/t22-,28?,29?/m0/s1. The topological polar surface area (TPSA) is 115 Å². The highest BCUT2D eigenvalue weighted by molar-refractivity contribution is 6.36. The Morgan fingerprint density at radius 2 is 1.96 bits per heavy atom. The first-order valence-electron chi connectivity index (χ1n) is 16.0. The fourth-order valence-corrected chi connectivity index (χ4v) is 7.77. The largest absolute Gasteiger partial charge is 0.492 e. The highest BCUT2D eigenvalue weighted by atomic mass is 35.5. The third kappa shape index (κ3) is 5.41. The summed E-state index contributed by atoms with van der Waals surface area (Å²) in [5, 5.41) is 22.9. The molecule has 3 aromatic carbocycles. The summed E-state index contributed by atoms with van der Waals surface area (Å²) in [5.41, 5.74) is 3.80. The van der Waals surface area contributed by atoms with Gasteiger partial charge in [-0.2, -0.15) is 15.2 Å². The average Bonchev–Trinajstić information content (AvgIpc) is 3.52. The first kappa shape index (κ1) is 30.3. The molecule has 4 aromatic rings. The van der Waals surface area contributed by atoms with Crippen LogP contribution in [0.4, 0.5) is 10.6 Å². The van der Waals surface area contributed by atoms with E-state index in [1.807, 2.05) is 18.2 Å². The first-order valence-corrected chi connectivity index (χ1v) is 16.3. The predicted molar refractivity (Wildman–Crippen MR) is 178 cm³/mol. The van der Waals surface area contributed by atoms with Crippen LogP contribution in [0.5, 0.6) is 11.8 Å². The van der Waals surface area contributed by atoms with Crippen molar-refractivity contribution < 1.29 is 19.4 Å². The molecule has 10 nitrogen and oxygen atoms in total. The van der Waals surface area contributed by atoms with E-state index in [0.717, 1.165) is 70.7 Å². The van der Waals surface area contributed by atoms with Crippen molar-refractivity contribution in [1.82, 2.24) is 19.8 Å². The third-order valence-electron chi connectivity index (χ3n) is 9.66. The highest BCUT2D eigenvalue weighted by Gasteiger charge is 2.35. The van der Waals surface area contributed by atoms with Gasteiger partial charge in [-0.15, -0.1) is 0 Å². The molecule has 238 valence electrons. The van der Waals surface area contributed by atoms with Crippen LogP contribution in [0.2, 0.25) is 5.02 Å². The molecule has 3 atom stereocenters. The lowest BCUT2D eigenvalue weighted by Crippen LogP contribution is -2.55. The number of hydrogen-bond donors (Lipinski definition) is 1. The van der Waals surface area contributed by atoms with Crippen LogP contribution in [0.15, 0.2) is 42.5 Å². The molecule has 0 radical (unpaired) electrons. The highest BCUT2D eigenvalue weighted by Crippen LogP contribution is 2.46. The predicted octanol–water partition coefficient (Wildman–Crippen LogP) is 6.37. The zero-order chi connectivity index (χ0) is 31.9. The molecule has 3 heterocycles. The lowest BCUT2D eigenvalue weighted by Gasteiger charge is -2.40. The second-order valence-corrected chi connectivity index (χ2v) is 13.0. The Bertz CT molecular complexity index is 1850. The molecule has 7 rings (SSSR count). The summed E-state index contributed by atoms with van der Waals surface area (Å²) in [6.45, 7) is 1.56. The summed E-state index contributed by atoms with van der Waals surface area (Å²) in [5.74, 6) is 1.39. The number of fused-ring (bicyclic) bond motifs is 4. The molecule has 11 heteroatoms. The van der Waals surface area contributed by atoms with Gasteiger partial charge < -0.3 is 29.3 Å². The van der Waals surface area contributed by atoms with E-state index >= 15 is 0 Å². The molecule has 1 aliphatic carbocycles. The zero-order valence-corrected chi connectivity index (χ0v) is 26.8. The number of aromatic nitrogens is 2. The van der Waals surface area contributed by atoms with Crippen molar-refractivity contribution >= 4 is 45.2 Å². The Hall–Kier alpha value is -4.33. The third-order valence-corrected chi connectivity index (χ3v) is 9.97. The molecule has 2 unspecified atom stereocenters. The summed E-state index contributed by atoms with van der Waals surface area (Å²) in [4.78, 5) is 27.7. The molecule has 1 aromatic heterocycles. The average molecular weight is 641 g/mol. The molecule has 46 heavy (non-hydrogen) atoms. The second-order valence-electron chi connectivity index (χ2n) is 12.6. The lowest BCUT2D eigenvalue weighted by molar-refractivity contribution is 0.111. The van der Waals surface area contributed by atoms with Gasteiger partial charge in [-0.3, -0.25) is 0 Å². The molecule has 3 aliphatic rings. The van der Waals surface area contributed by atoms with E-state index in [1.54, 1.807) is 0 Å². The quantitative estimate of drug-likeness (QED) is 0.257. The van der Waals surface area contributed by atoms with Crippen molar-refractivity contribution in [2.45, 2.75) is 56.7 Å². The summed E-state index contributed by atoms with van der Waals surface area (Å²) in [6.07, 6.45) is 3.71. The number of halogens is 1. The maximum atomic E-state index is 12.0. The maximum Gasteiger partial charge on any atom is 0.407 e. The molecule has 1 amide bonds. The van der Waals surface area contributed by atoms with Gasteiger partial charge in [0.05, 0.1) is 36.0 Å². The Morgan fingerprint density at radius 3 is 2.74 bits per heavy atom. The monoisotopic (exact) mass is 640 g/mol. The number of hydrogen-bond acceptors (Lipinski definition) is 8. The van der Waals surface area contributed by atoms with Crippen molar-refractivity contribution in [2.24, 2.45) is 0 Å². The molecule has 1 N–H and O–H groups in total. The number of rotatable bonds is 6. The number of amides is 1. The van der Waals surface area contributed by atoms with Crippen LogP contribution in [0.1, 0.15) is 37.7 Å². The van der Waals surface area contributed by atoms with Crippen molar-refractivity contribution in [2.75, 3.05) is 45.2 Å². The minimum absolute atomic E-state index is 0.0549. The van der Waals surface area contributed by atoms with E-state index in [1.165, 1.54) is 4.90 Å². The molecular formula is C35H37ClN6O4. The molecule has 2 aliphatic heterocycles. The Morgan fingerprint density at radius 1 is 1.13 bits per heavy atom. The minimum atomic E-state index is -1.02. The summed E-state index contributed by atoms with van der Waals surface area (Å²) < 4.78 is 13.1. The number of benzene rings is 3. The molecule has 0 bridgehead atoms. The fraction of sp³-hybridized carbons (Fsp3) is 0.429. The van der Waals surface area contributed by atoms with Crippen LogP contribution in [-0.2, 0) is 6.42 Å². The van der Waals surface area contributed by atoms with Gasteiger partial charge in [-0.25, -0.2) is 4.79 Å². The molecule has 1 saturated carbocycles. The summed E-state index contributed by atoms with van der Waals surface area (Å²) in [7, 11) is 4.14. The van der Waals surface area contributed by atoms with Crippen molar-refractivity contribution in [3.8, 4) is 29.0 Å². The second kappa shape index (κ2) is 12.5. The van der Waals surface area contributed by atoms with Crippen LogP contribution >= 0.6 is 11.6 Å². The van der Waals surface area contributed by atoms with Crippen LogP contribution in [0.3, 0.4) is 0 Å². The smallest absolute Gasteiger partial charge is 0.407 e. The summed E-state index contributed by atoms with van der Waals surface area (Å²) in [6, 6.07) is 16.5.